The fourth-order valence-electron chi connectivity index (χ4n) is 0.915. The fraction of sp³-hybridized carbons (Fsp3) is 0.167. The van der Waals surface area contributed by atoms with Crippen LogP contribution in [-0.2, 0) is 0 Å². The SMILES string of the molecule is C1=CC2=CN=CC2N1. The van der Waals surface area contributed by atoms with Gasteiger partial charge in [-0.05, 0) is 17.8 Å². The predicted molar refractivity (Wildman–Crippen MR) is 32.6 cm³/mol. The molecule has 0 aromatic rings. The molecule has 0 bridgehead atoms. The summed E-state index contributed by atoms with van der Waals surface area (Å²) >= 11 is 0. The molecule has 0 saturated heterocycles. The minimum atomic E-state index is 0.384. The van der Waals surface area contributed by atoms with Gasteiger partial charge in [-0.1, -0.05) is 0 Å². The highest BCUT2D eigenvalue weighted by Gasteiger charge is 2.14. The Morgan fingerprint density at radius 3 is 3.50 bits per heavy atom. The summed E-state index contributed by atoms with van der Waals surface area (Å²) in [5, 5.41) is 3.12. The molecule has 2 aliphatic heterocycles. The molecule has 0 amide bonds. The van der Waals surface area contributed by atoms with Gasteiger partial charge in [0.05, 0.1) is 6.04 Å². The summed E-state index contributed by atoms with van der Waals surface area (Å²) in [5.74, 6) is 0. The Balaban J connectivity index is 2.39. The van der Waals surface area contributed by atoms with Crippen LogP contribution in [0.4, 0.5) is 0 Å². The Hall–Kier alpha value is -1.05. The molecule has 40 valence electrons. The second-order valence-corrected chi connectivity index (χ2v) is 1.90. The van der Waals surface area contributed by atoms with Crippen LogP contribution in [0.15, 0.2) is 29.0 Å². The molecule has 1 unspecified atom stereocenters. The highest BCUT2D eigenvalue weighted by atomic mass is 15.0. The maximum Gasteiger partial charge on any atom is 0.0881 e. The Kier molecular flexibility index (Phi) is 0.592. The molecule has 2 heterocycles. The van der Waals surface area contributed by atoms with Crippen molar-refractivity contribution in [2.24, 2.45) is 4.99 Å². The molecule has 8 heavy (non-hydrogen) atoms. The maximum atomic E-state index is 3.97. The average molecular weight is 106 g/mol. The van der Waals surface area contributed by atoms with E-state index in [2.05, 4.69) is 10.3 Å². The van der Waals surface area contributed by atoms with Gasteiger partial charge in [-0.15, -0.1) is 0 Å². The number of nitrogens with one attached hydrogen (secondary N) is 1. The normalized spacial score (nSPS) is 30.0. The summed E-state index contributed by atoms with van der Waals surface area (Å²) in [6.45, 7) is 0. The van der Waals surface area contributed by atoms with Crippen molar-refractivity contribution < 1.29 is 0 Å². The molecular formula is C6H6N2. The van der Waals surface area contributed by atoms with Crippen molar-refractivity contribution in [3.05, 3.63) is 24.0 Å². The number of aliphatic imine (C=N–C) groups is 1. The van der Waals surface area contributed by atoms with E-state index in [0.29, 0.717) is 6.04 Å². The third kappa shape index (κ3) is 0.346. The van der Waals surface area contributed by atoms with Crippen molar-refractivity contribution in [1.29, 1.82) is 0 Å². The van der Waals surface area contributed by atoms with Crippen molar-refractivity contribution >= 4 is 6.21 Å². The molecule has 1 N–H and O–H groups in total. The third-order valence-corrected chi connectivity index (χ3v) is 1.37. The summed E-state index contributed by atoms with van der Waals surface area (Å²) in [6, 6.07) is 0.384. The van der Waals surface area contributed by atoms with Crippen molar-refractivity contribution in [3.63, 3.8) is 0 Å². The van der Waals surface area contributed by atoms with E-state index in [4.69, 9.17) is 0 Å². The molecule has 0 fully saturated rings. The van der Waals surface area contributed by atoms with Gasteiger partial charge in [0.15, 0.2) is 0 Å². The van der Waals surface area contributed by atoms with Crippen LogP contribution in [0.2, 0.25) is 0 Å². The first-order valence-corrected chi connectivity index (χ1v) is 2.63. The monoisotopic (exact) mass is 106 g/mol. The predicted octanol–water partition coefficient (Wildman–Crippen LogP) is 0.440. The number of rotatable bonds is 0. The minimum absolute atomic E-state index is 0.384. The lowest BCUT2D eigenvalue weighted by Gasteiger charge is -1.98. The van der Waals surface area contributed by atoms with Gasteiger partial charge >= 0.3 is 0 Å². The molecule has 2 aliphatic rings. The van der Waals surface area contributed by atoms with Crippen LogP contribution < -0.4 is 5.32 Å². The molecule has 0 aliphatic carbocycles. The molecule has 0 saturated carbocycles. The largest absolute Gasteiger partial charge is 0.379 e. The third-order valence-electron chi connectivity index (χ3n) is 1.37. The number of hydrogen-bond donors (Lipinski definition) is 1. The van der Waals surface area contributed by atoms with E-state index >= 15 is 0 Å². The minimum Gasteiger partial charge on any atom is -0.379 e. The zero-order valence-electron chi connectivity index (χ0n) is 4.33. The molecular weight excluding hydrogens is 100 g/mol. The first-order chi connectivity index (χ1) is 3.97. The van der Waals surface area contributed by atoms with E-state index in [0.717, 1.165) is 0 Å². The highest BCUT2D eigenvalue weighted by Crippen LogP contribution is 2.12. The molecule has 0 spiro atoms. The lowest BCUT2D eigenvalue weighted by Crippen LogP contribution is -2.19. The van der Waals surface area contributed by atoms with E-state index in [1.165, 1.54) is 5.57 Å². The molecule has 2 rings (SSSR count). The van der Waals surface area contributed by atoms with Crippen LogP contribution in [0.3, 0.4) is 0 Å². The van der Waals surface area contributed by atoms with Gasteiger partial charge in [-0.25, -0.2) is 0 Å². The highest BCUT2D eigenvalue weighted by molar-refractivity contribution is 5.76. The average Bonchev–Trinajstić information content (AvgIpc) is 2.15. The summed E-state index contributed by atoms with van der Waals surface area (Å²) in [4.78, 5) is 3.97. The molecule has 1 atom stereocenters. The van der Waals surface area contributed by atoms with E-state index in [9.17, 15) is 0 Å². The molecule has 2 heteroatoms. The quantitative estimate of drug-likeness (QED) is 0.476. The van der Waals surface area contributed by atoms with Gasteiger partial charge in [-0.3, -0.25) is 4.99 Å². The summed E-state index contributed by atoms with van der Waals surface area (Å²) in [7, 11) is 0. The summed E-state index contributed by atoms with van der Waals surface area (Å²) in [6.07, 6.45) is 7.76. The van der Waals surface area contributed by atoms with Gasteiger partial charge in [0.1, 0.15) is 0 Å². The smallest absolute Gasteiger partial charge is 0.0881 e. The van der Waals surface area contributed by atoms with Crippen LogP contribution >= 0.6 is 0 Å². The maximum absolute atomic E-state index is 3.97. The van der Waals surface area contributed by atoms with Gasteiger partial charge in [0.2, 0.25) is 0 Å². The van der Waals surface area contributed by atoms with E-state index in [-0.39, 0.29) is 0 Å². The van der Waals surface area contributed by atoms with Crippen molar-refractivity contribution in [2.45, 2.75) is 6.04 Å². The van der Waals surface area contributed by atoms with Crippen molar-refractivity contribution in [1.82, 2.24) is 5.32 Å². The summed E-state index contributed by atoms with van der Waals surface area (Å²) < 4.78 is 0. The van der Waals surface area contributed by atoms with Crippen molar-refractivity contribution in [3.8, 4) is 0 Å². The van der Waals surface area contributed by atoms with Gasteiger partial charge in [0, 0.05) is 12.4 Å². The number of fused-ring (bicyclic) bond motifs is 1. The van der Waals surface area contributed by atoms with Crippen LogP contribution in [0, 0.1) is 0 Å². The molecule has 0 aromatic carbocycles. The van der Waals surface area contributed by atoms with E-state index in [1.807, 2.05) is 24.7 Å². The standard InChI is InChI=1S/C6H6N2/c1-2-8-6-4-7-3-5(1)6/h1-4,6,8H. The van der Waals surface area contributed by atoms with Crippen LogP contribution in [-0.4, -0.2) is 12.3 Å². The Labute approximate surface area is 47.6 Å². The lowest BCUT2D eigenvalue weighted by molar-refractivity contribution is 0.916. The van der Waals surface area contributed by atoms with Crippen LogP contribution in [0.25, 0.3) is 0 Å². The van der Waals surface area contributed by atoms with Crippen molar-refractivity contribution in [2.75, 3.05) is 0 Å². The Morgan fingerprint density at radius 1 is 1.62 bits per heavy atom. The number of nitrogens with zero attached hydrogens (tertiary/aromatic N) is 1. The first kappa shape index (κ1) is 3.89. The second kappa shape index (κ2) is 1.22. The van der Waals surface area contributed by atoms with E-state index < -0.39 is 0 Å². The number of hydrogen-bond acceptors (Lipinski definition) is 2. The first-order valence-electron chi connectivity index (χ1n) is 2.63. The van der Waals surface area contributed by atoms with Gasteiger partial charge in [-0.2, -0.15) is 0 Å². The zero-order chi connectivity index (χ0) is 5.40. The van der Waals surface area contributed by atoms with Gasteiger partial charge in [0.25, 0.3) is 0 Å². The molecule has 0 radical (unpaired) electrons. The topological polar surface area (TPSA) is 24.4 Å². The Morgan fingerprint density at radius 2 is 2.62 bits per heavy atom. The second-order valence-electron chi connectivity index (χ2n) is 1.90. The molecule has 2 nitrogen and oxygen atoms in total. The van der Waals surface area contributed by atoms with E-state index in [1.54, 1.807) is 0 Å². The fourth-order valence-corrected chi connectivity index (χ4v) is 0.915. The van der Waals surface area contributed by atoms with Crippen LogP contribution in [0.5, 0.6) is 0 Å². The van der Waals surface area contributed by atoms with Gasteiger partial charge < -0.3 is 5.32 Å². The zero-order valence-corrected chi connectivity index (χ0v) is 4.33. The van der Waals surface area contributed by atoms with Crippen LogP contribution in [0.1, 0.15) is 0 Å². The summed E-state index contributed by atoms with van der Waals surface area (Å²) in [5.41, 5.74) is 1.27. The lowest BCUT2D eigenvalue weighted by atomic mass is 10.2. The molecule has 0 aromatic heterocycles. The Bertz CT molecular complexity index is 189.